The molecule has 6 nitrogen and oxygen atoms in total. The van der Waals surface area contributed by atoms with E-state index in [4.69, 9.17) is 4.74 Å². The molecule has 1 atom stereocenters. The number of benzene rings is 2. The Hall–Kier alpha value is -2.51. The Morgan fingerprint density at radius 1 is 1.04 bits per heavy atom. The molecule has 1 aliphatic rings. The van der Waals surface area contributed by atoms with Crippen LogP contribution in [0.3, 0.4) is 0 Å². The molecule has 0 aliphatic carbocycles. The zero-order chi connectivity index (χ0) is 19.6. The molecule has 0 spiro atoms. The van der Waals surface area contributed by atoms with Crippen LogP contribution in [0.15, 0.2) is 53.4 Å². The van der Waals surface area contributed by atoms with Gasteiger partial charge in [-0.2, -0.15) is 4.31 Å². The molecule has 2 aromatic carbocycles. The summed E-state index contributed by atoms with van der Waals surface area (Å²) in [5.41, 5.74) is 2.37. The molecule has 0 radical (unpaired) electrons. The molecule has 3 rings (SSSR count). The lowest BCUT2D eigenvalue weighted by atomic mass is 10.0. The molecule has 2 aromatic rings. The number of hydrogen-bond donors (Lipinski definition) is 0. The topological polar surface area (TPSA) is 80.8 Å². The van der Waals surface area contributed by atoms with Crippen molar-refractivity contribution in [1.82, 2.24) is 4.31 Å². The maximum Gasteiger partial charge on any atom is 0.338 e. The van der Waals surface area contributed by atoms with Gasteiger partial charge in [0.1, 0.15) is 0 Å². The quantitative estimate of drug-likeness (QED) is 0.737. The number of carbonyl (C=O) groups excluding carboxylic acids is 2. The van der Waals surface area contributed by atoms with Crippen LogP contribution in [0.1, 0.15) is 35.3 Å². The van der Waals surface area contributed by atoms with Crippen LogP contribution >= 0.6 is 0 Å². The van der Waals surface area contributed by atoms with Gasteiger partial charge in [0.25, 0.3) is 0 Å². The fourth-order valence-electron chi connectivity index (χ4n) is 2.90. The first-order valence-corrected chi connectivity index (χ1v) is 10.1. The van der Waals surface area contributed by atoms with Gasteiger partial charge in [-0.05, 0) is 55.7 Å². The van der Waals surface area contributed by atoms with Gasteiger partial charge in [0, 0.05) is 13.1 Å². The van der Waals surface area contributed by atoms with E-state index in [1.54, 1.807) is 0 Å². The molecule has 7 heteroatoms. The summed E-state index contributed by atoms with van der Waals surface area (Å²) in [7, 11) is -3.66. The predicted octanol–water partition coefficient (Wildman–Crippen LogP) is 2.57. The number of hydrogen-bond acceptors (Lipinski definition) is 5. The van der Waals surface area contributed by atoms with Crippen molar-refractivity contribution >= 4 is 21.8 Å². The Morgan fingerprint density at radius 2 is 1.67 bits per heavy atom. The molecule has 0 unspecified atom stereocenters. The number of fused-ring (bicyclic) bond motifs is 1. The van der Waals surface area contributed by atoms with Gasteiger partial charge in [-0.1, -0.05) is 24.3 Å². The predicted molar refractivity (Wildman–Crippen MR) is 99.7 cm³/mol. The van der Waals surface area contributed by atoms with Crippen LogP contribution in [0.2, 0.25) is 0 Å². The molecule has 142 valence electrons. The van der Waals surface area contributed by atoms with Gasteiger partial charge < -0.3 is 4.74 Å². The fraction of sp³-hybridized carbons (Fsp3) is 0.300. The summed E-state index contributed by atoms with van der Waals surface area (Å²) >= 11 is 0. The van der Waals surface area contributed by atoms with Gasteiger partial charge in [0.15, 0.2) is 11.9 Å². The third-order valence-corrected chi connectivity index (χ3v) is 6.54. The first-order chi connectivity index (χ1) is 12.8. The first kappa shape index (κ1) is 19.3. The summed E-state index contributed by atoms with van der Waals surface area (Å²) in [4.78, 5) is 23.3. The van der Waals surface area contributed by atoms with E-state index in [9.17, 15) is 18.0 Å². The summed E-state index contributed by atoms with van der Waals surface area (Å²) < 4.78 is 32.3. The zero-order valence-corrected chi connectivity index (χ0v) is 16.0. The highest BCUT2D eigenvalue weighted by Crippen LogP contribution is 2.25. The van der Waals surface area contributed by atoms with Gasteiger partial charge in [-0.15, -0.1) is 0 Å². The van der Waals surface area contributed by atoms with E-state index in [1.165, 1.54) is 48.0 Å². The standard InChI is InChI=1S/C20H21NO5S/c1-14(22)15(2)26-20(23)17-7-9-19(10-8-17)27(24,25)21-12-11-16-5-3-4-6-18(16)13-21/h3-10,15H,11-13H2,1-2H3/t15-/m1/s1. The van der Waals surface area contributed by atoms with Crippen molar-refractivity contribution in [3.8, 4) is 0 Å². The van der Waals surface area contributed by atoms with Crippen molar-refractivity contribution < 1.29 is 22.7 Å². The van der Waals surface area contributed by atoms with Crippen molar-refractivity contribution in [1.29, 1.82) is 0 Å². The summed E-state index contributed by atoms with van der Waals surface area (Å²) in [6.07, 6.45) is -0.169. The van der Waals surface area contributed by atoms with E-state index in [-0.39, 0.29) is 16.2 Å². The second kappa shape index (κ2) is 7.62. The largest absolute Gasteiger partial charge is 0.451 e. The van der Waals surface area contributed by atoms with Crippen LogP contribution in [-0.4, -0.2) is 37.1 Å². The minimum absolute atomic E-state index is 0.123. The molecule has 0 saturated carbocycles. The van der Waals surface area contributed by atoms with Crippen molar-refractivity contribution in [2.24, 2.45) is 0 Å². The molecule has 0 fully saturated rings. The number of carbonyl (C=O) groups is 2. The molecule has 0 amide bonds. The number of nitrogens with zero attached hydrogens (tertiary/aromatic N) is 1. The Morgan fingerprint density at radius 3 is 2.30 bits per heavy atom. The lowest BCUT2D eigenvalue weighted by molar-refractivity contribution is -0.124. The normalized spacial score (nSPS) is 15.6. The van der Waals surface area contributed by atoms with Gasteiger partial charge in [0.2, 0.25) is 10.0 Å². The fourth-order valence-corrected chi connectivity index (χ4v) is 4.32. The summed E-state index contributed by atoms with van der Waals surface area (Å²) in [5, 5.41) is 0. The Labute approximate surface area is 158 Å². The monoisotopic (exact) mass is 387 g/mol. The lowest BCUT2D eigenvalue weighted by Crippen LogP contribution is -2.35. The Kier molecular flexibility index (Phi) is 5.43. The Balaban J connectivity index is 1.76. The van der Waals surface area contributed by atoms with Crippen molar-refractivity contribution in [3.63, 3.8) is 0 Å². The summed E-state index contributed by atoms with van der Waals surface area (Å²) in [5.74, 6) is -0.915. The van der Waals surface area contributed by atoms with Crippen molar-refractivity contribution in [2.75, 3.05) is 6.54 Å². The summed E-state index contributed by atoms with van der Waals surface area (Å²) in [6.45, 7) is 3.58. The number of esters is 1. The number of ether oxygens (including phenoxy) is 1. The highest BCUT2D eigenvalue weighted by molar-refractivity contribution is 7.89. The van der Waals surface area contributed by atoms with E-state index in [0.717, 1.165) is 5.56 Å². The van der Waals surface area contributed by atoms with E-state index in [1.807, 2.05) is 24.3 Å². The van der Waals surface area contributed by atoms with Crippen LogP contribution in [-0.2, 0) is 32.5 Å². The third kappa shape index (κ3) is 4.09. The molecule has 27 heavy (non-hydrogen) atoms. The second-order valence-electron chi connectivity index (χ2n) is 6.54. The van der Waals surface area contributed by atoms with Gasteiger partial charge >= 0.3 is 5.97 Å². The first-order valence-electron chi connectivity index (χ1n) is 8.67. The van der Waals surface area contributed by atoms with Gasteiger partial charge in [0.05, 0.1) is 10.5 Å². The molecular formula is C20H21NO5S. The van der Waals surface area contributed by atoms with E-state index < -0.39 is 22.1 Å². The SMILES string of the molecule is CC(=O)[C@@H](C)OC(=O)c1ccc(S(=O)(=O)N2CCc3ccccc3C2)cc1. The summed E-state index contributed by atoms with van der Waals surface area (Å²) in [6, 6.07) is 13.4. The number of sulfonamides is 1. The molecular weight excluding hydrogens is 366 g/mol. The molecule has 1 aliphatic heterocycles. The molecule has 0 saturated heterocycles. The number of Topliss-reactive ketones (excluding diaryl/α,β-unsaturated/α-hetero) is 1. The van der Waals surface area contributed by atoms with E-state index in [0.29, 0.717) is 19.5 Å². The van der Waals surface area contributed by atoms with Crippen molar-refractivity contribution in [2.45, 2.75) is 37.8 Å². The second-order valence-corrected chi connectivity index (χ2v) is 8.48. The maximum atomic E-state index is 12.9. The van der Waals surface area contributed by atoms with Crippen LogP contribution < -0.4 is 0 Å². The van der Waals surface area contributed by atoms with Crippen LogP contribution in [0.4, 0.5) is 0 Å². The highest BCUT2D eigenvalue weighted by Gasteiger charge is 2.28. The molecule has 0 N–H and O–H groups in total. The van der Waals surface area contributed by atoms with Crippen molar-refractivity contribution in [3.05, 3.63) is 65.2 Å². The smallest absolute Gasteiger partial charge is 0.338 e. The molecule has 0 bridgehead atoms. The average Bonchev–Trinajstić information content (AvgIpc) is 2.67. The van der Waals surface area contributed by atoms with Gasteiger partial charge in [-0.25, -0.2) is 13.2 Å². The van der Waals surface area contributed by atoms with Gasteiger partial charge in [-0.3, -0.25) is 4.79 Å². The van der Waals surface area contributed by atoms with Crippen LogP contribution in [0.25, 0.3) is 0 Å². The van der Waals surface area contributed by atoms with E-state index >= 15 is 0 Å². The minimum Gasteiger partial charge on any atom is -0.451 e. The highest BCUT2D eigenvalue weighted by atomic mass is 32.2. The third-order valence-electron chi connectivity index (χ3n) is 4.68. The maximum absolute atomic E-state index is 12.9. The molecule has 0 aromatic heterocycles. The van der Waals surface area contributed by atoms with E-state index in [2.05, 4.69) is 0 Å². The Bertz CT molecular complexity index is 966. The lowest BCUT2D eigenvalue weighted by Gasteiger charge is -2.28. The number of ketones is 1. The van der Waals surface area contributed by atoms with Crippen LogP contribution in [0, 0.1) is 0 Å². The number of rotatable bonds is 5. The average molecular weight is 387 g/mol. The zero-order valence-electron chi connectivity index (χ0n) is 15.2. The van der Waals surface area contributed by atoms with Crippen LogP contribution in [0.5, 0.6) is 0 Å². The molecule has 1 heterocycles. The minimum atomic E-state index is -3.66.